The second kappa shape index (κ2) is 15.2. The average Bonchev–Trinajstić information content (AvgIpc) is 3.26. The fourth-order valence-corrected chi connectivity index (χ4v) is 21.1. The Kier molecular flexibility index (Phi) is 10.4. The fourth-order valence-electron chi connectivity index (χ4n) is 7.45. The van der Waals surface area contributed by atoms with Gasteiger partial charge in [0.2, 0.25) is 0 Å². The van der Waals surface area contributed by atoms with Crippen LogP contribution in [0.2, 0.25) is 0 Å². The van der Waals surface area contributed by atoms with Gasteiger partial charge in [0.1, 0.15) is 0 Å². The molecule has 0 aliphatic heterocycles. The first kappa shape index (κ1) is 35.8. The molecule has 0 radical (unpaired) electrons. The summed E-state index contributed by atoms with van der Waals surface area (Å²) in [5.41, 5.74) is 0. The van der Waals surface area contributed by atoms with Crippen LogP contribution in [0.25, 0.3) is 0 Å². The van der Waals surface area contributed by atoms with Crippen LogP contribution in [0.3, 0.4) is 0 Å². The Hall–Kier alpha value is -4.61. The van der Waals surface area contributed by atoms with E-state index in [0.717, 1.165) is 21.2 Å². The molecule has 0 aromatic heterocycles. The first-order chi connectivity index (χ1) is 25.5. The summed E-state index contributed by atoms with van der Waals surface area (Å²) in [6.07, 6.45) is 0. The van der Waals surface area contributed by atoms with Crippen LogP contribution >= 0.6 is 38.0 Å². The Labute approximate surface area is 321 Å². The molecular formula is C48H40BrClP2. The number of hydrogen-bond donors (Lipinski definition) is 0. The number of hydrogen-bond acceptors (Lipinski definition) is 0. The zero-order valence-corrected chi connectivity index (χ0v) is 32.9. The average molecular weight is 794 g/mol. The summed E-state index contributed by atoms with van der Waals surface area (Å²) in [6.45, 7) is 0. The maximum atomic E-state index is 8.03. The maximum absolute atomic E-state index is 8.03. The molecule has 0 bridgehead atoms. The number of rotatable bonds is 8. The molecule has 52 heavy (non-hydrogen) atoms. The molecule has 0 saturated heterocycles. The molecule has 0 aliphatic carbocycles. The number of halogens is 2. The van der Waals surface area contributed by atoms with Crippen LogP contribution in [-0.2, 0) is 0 Å². The van der Waals surface area contributed by atoms with Crippen LogP contribution < -0.4 is 42.4 Å². The van der Waals surface area contributed by atoms with E-state index in [1.807, 2.05) is 24.3 Å². The van der Waals surface area contributed by atoms with Gasteiger partial charge in [-0.2, -0.15) is 0 Å². The third kappa shape index (κ3) is 5.87. The first-order valence-electron chi connectivity index (χ1n) is 17.4. The zero-order chi connectivity index (χ0) is 35.8. The van der Waals surface area contributed by atoms with Crippen molar-refractivity contribution in [2.45, 2.75) is 0 Å². The van der Waals surface area contributed by atoms with Gasteiger partial charge < -0.3 is 0 Å². The SMILES string of the molecule is BrP(c1ccccc1)(c1ccccc1)(c1ccccc1)c1ccccc1.ClP(c1ccccc1)(c1ccccc1)(c1ccccc1)c1ccccc1. The van der Waals surface area contributed by atoms with E-state index in [0.29, 0.717) is 0 Å². The summed E-state index contributed by atoms with van der Waals surface area (Å²) in [7, 11) is 0. The van der Waals surface area contributed by atoms with Crippen molar-refractivity contribution in [3.8, 4) is 0 Å². The van der Waals surface area contributed by atoms with E-state index in [4.69, 9.17) is 11.2 Å². The molecule has 8 aromatic carbocycles. The van der Waals surface area contributed by atoms with E-state index in [9.17, 15) is 0 Å². The minimum absolute atomic E-state index is 1.16. The van der Waals surface area contributed by atoms with Crippen LogP contribution in [-0.4, -0.2) is 0 Å². The summed E-state index contributed by atoms with van der Waals surface area (Å²) >= 11 is 12.5. The summed E-state index contributed by atoms with van der Waals surface area (Å²) in [5, 5.41) is 6.85. The molecule has 0 saturated carbocycles. The van der Waals surface area contributed by atoms with E-state index in [-0.39, 0.29) is 0 Å². The molecular weight excluding hydrogens is 754 g/mol. The van der Waals surface area contributed by atoms with Gasteiger partial charge in [-0.05, 0) is 0 Å². The number of benzene rings is 8. The van der Waals surface area contributed by atoms with E-state index in [1.54, 1.807) is 0 Å². The van der Waals surface area contributed by atoms with Crippen LogP contribution in [0, 0.1) is 0 Å². The van der Waals surface area contributed by atoms with Crippen LogP contribution in [0.1, 0.15) is 0 Å². The summed E-state index contributed by atoms with van der Waals surface area (Å²) < 4.78 is 0. The van der Waals surface area contributed by atoms with Gasteiger partial charge in [-0.25, -0.2) is 0 Å². The topological polar surface area (TPSA) is 0 Å². The van der Waals surface area contributed by atoms with Crippen molar-refractivity contribution in [1.82, 2.24) is 0 Å². The normalized spacial score (nSPS) is 12.9. The molecule has 8 rings (SSSR count). The van der Waals surface area contributed by atoms with Crippen LogP contribution in [0.15, 0.2) is 243 Å². The second-order valence-electron chi connectivity index (χ2n) is 12.7. The van der Waals surface area contributed by atoms with Crippen molar-refractivity contribution in [2.24, 2.45) is 0 Å². The van der Waals surface area contributed by atoms with Crippen molar-refractivity contribution in [2.75, 3.05) is 0 Å². The van der Waals surface area contributed by atoms with E-state index in [2.05, 4.69) is 234 Å². The van der Waals surface area contributed by atoms with Crippen molar-refractivity contribution in [3.05, 3.63) is 243 Å². The van der Waals surface area contributed by atoms with Crippen molar-refractivity contribution in [1.29, 1.82) is 0 Å². The van der Waals surface area contributed by atoms with Crippen LogP contribution in [0.4, 0.5) is 0 Å². The predicted octanol–water partition coefficient (Wildman–Crippen LogP) is 10.1. The Morgan fingerprint density at radius 3 is 0.519 bits per heavy atom. The van der Waals surface area contributed by atoms with Crippen molar-refractivity contribution in [3.63, 3.8) is 0 Å². The molecule has 0 amide bonds. The molecule has 0 atom stereocenters. The van der Waals surface area contributed by atoms with Gasteiger partial charge in [0.25, 0.3) is 0 Å². The van der Waals surface area contributed by atoms with Gasteiger partial charge in [0.15, 0.2) is 0 Å². The summed E-state index contributed by atoms with van der Waals surface area (Å²) in [5.74, 6) is -3.34. The van der Waals surface area contributed by atoms with E-state index >= 15 is 0 Å². The molecule has 0 fully saturated rings. The van der Waals surface area contributed by atoms with Crippen molar-refractivity contribution < 1.29 is 0 Å². The fraction of sp³-hybridized carbons (Fsp3) is 0. The van der Waals surface area contributed by atoms with E-state index < -0.39 is 11.3 Å². The molecule has 256 valence electrons. The second-order valence-corrected chi connectivity index (χ2v) is 27.2. The van der Waals surface area contributed by atoms with Gasteiger partial charge in [-0.1, -0.05) is 0 Å². The van der Waals surface area contributed by atoms with Gasteiger partial charge in [-0.15, -0.1) is 0 Å². The Morgan fingerprint density at radius 1 is 0.231 bits per heavy atom. The minimum atomic E-state index is -3.34. The first-order valence-corrected chi connectivity index (χ1v) is 24.8. The molecule has 8 aromatic rings. The summed E-state index contributed by atoms with van der Waals surface area (Å²) in [4.78, 5) is 0. The van der Waals surface area contributed by atoms with Gasteiger partial charge in [0, 0.05) is 0 Å². The van der Waals surface area contributed by atoms with Crippen molar-refractivity contribution >= 4 is 80.4 Å². The van der Waals surface area contributed by atoms with Gasteiger partial charge >= 0.3 is 323 Å². The van der Waals surface area contributed by atoms with Gasteiger partial charge in [0.05, 0.1) is 0 Å². The Balaban J connectivity index is 0.000000162. The van der Waals surface area contributed by atoms with Crippen LogP contribution in [0.5, 0.6) is 0 Å². The molecule has 0 heterocycles. The van der Waals surface area contributed by atoms with Gasteiger partial charge in [-0.3, -0.25) is 0 Å². The third-order valence-corrected chi connectivity index (χ3v) is 27.3. The zero-order valence-electron chi connectivity index (χ0n) is 28.7. The molecule has 0 spiro atoms. The molecule has 0 nitrogen and oxygen atoms in total. The summed E-state index contributed by atoms with van der Waals surface area (Å²) in [6, 6.07) is 85.5. The third-order valence-electron chi connectivity index (χ3n) is 9.93. The standard InChI is InChI=1S/C24H20BrP.C24H20ClP/c2*25-26(21-13-5-1-6-14-21,22-15-7-2-8-16-22,23-17-9-3-10-18-23)24-19-11-4-12-20-24/h2*1-20H. The molecule has 0 N–H and O–H groups in total. The molecule has 4 heteroatoms. The Morgan fingerprint density at radius 2 is 0.365 bits per heavy atom. The quantitative estimate of drug-likeness (QED) is 0.135. The predicted molar refractivity (Wildman–Crippen MR) is 237 cm³/mol. The molecule has 0 unspecified atom stereocenters. The Bertz CT molecular complexity index is 1800. The monoisotopic (exact) mass is 792 g/mol. The molecule has 0 aliphatic rings. The van der Waals surface area contributed by atoms with E-state index in [1.165, 1.54) is 21.2 Å².